The molecule has 0 bridgehead atoms. The van der Waals surface area contributed by atoms with E-state index in [2.05, 4.69) is 10.2 Å². The van der Waals surface area contributed by atoms with Crippen molar-refractivity contribution in [2.75, 3.05) is 52.5 Å². The molecule has 5 heteroatoms. The van der Waals surface area contributed by atoms with Gasteiger partial charge in [-0.3, -0.25) is 9.69 Å². The Balaban J connectivity index is 1.74. The average molecular weight is 255 g/mol. The normalized spacial score (nSPS) is 25.9. The zero-order valence-corrected chi connectivity index (χ0v) is 11.4. The molecule has 1 atom stereocenters. The van der Waals surface area contributed by atoms with Gasteiger partial charge in [0.25, 0.3) is 0 Å². The summed E-state index contributed by atoms with van der Waals surface area (Å²) in [6.07, 6.45) is 1.95. The Labute approximate surface area is 109 Å². The standard InChI is InChI=1S/C13H25N3O2/c1-2-18-11-3-7-16-8-4-12(13(16)17)15-9-5-14-6-10-15/h12,14H,2-11H2,1H3. The second-order valence-electron chi connectivity index (χ2n) is 4.97. The van der Waals surface area contributed by atoms with E-state index in [-0.39, 0.29) is 6.04 Å². The van der Waals surface area contributed by atoms with Crippen LogP contribution >= 0.6 is 0 Å². The number of amides is 1. The van der Waals surface area contributed by atoms with Crippen LogP contribution in [-0.2, 0) is 9.53 Å². The maximum Gasteiger partial charge on any atom is 0.239 e. The number of carbonyl (C=O) groups excluding carboxylic acids is 1. The molecule has 2 fully saturated rings. The maximum absolute atomic E-state index is 12.3. The summed E-state index contributed by atoms with van der Waals surface area (Å²) in [7, 11) is 0. The van der Waals surface area contributed by atoms with Crippen molar-refractivity contribution < 1.29 is 9.53 Å². The number of nitrogens with one attached hydrogen (secondary N) is 1. The molecule has 0 aromatic rings. The fourth-order valence-corrected chi connectivity index (χ4v) is 2.78. The number of likely N-dealkylation sites (tertiary alicyclic amines) is 1. The van der Waals surface area contributed by atoms with Gasteiger partial charge in [-0.15, -0.1) is 0 Å². The lowest BCUT2D eigenvalue weighted by Crippen LogP contribution is -2.51. The van der Waals surface area contributed by atoms with Crippen LogP contribution in [-0.4, -0.2) is 74.2 Å². The van der Waals surface area contributed by atoms with Crippen LogP contribution in [0.5, 0.6) is 0 Å². The molecule has 0 spiro atoms. The first-order valence-electron chi connectivity index (χ1n) is 7.14. The van der Waals surface area contributed by atoms with Gasteiger partial charge in [0.05, 0.1) is 6.04 Å². The third-order valence-electron chi connectivity index (χ3n) is 3.78. The summed E-state index contributed by atoms with van der Waals surface area (Å²) in [5.74, 6) is 0.327. The van der Waals surface area contributed by atoms with Gasteiger partial charge in [0.2, 0.25) is 5.91 Å². The van der Waals surface area contributed by atoms with E-state index in [0.717, 1.165) is 65.3 Å². The van der Waals surface area contributed by atoms with Crippen LogP contribution < -0.4 is 5.32 Å². The molecule has 0 aliphatic carbocycles. The number of hydrogen-bond acceptors (Lipinski definition) is 4. The molecule has 1 amide bonds. The average Bonchev–Trinajstić information content (AvgIpc) is 2.77. The highest BCUT2D eigenvalue weighted by Gasteiger charge is 2.35. The summed E-state index contributed by atoms with van der Waals surface area (Å²) in [6.45, 7) is 9.31. The predicted molar refractivity (Wildman–Crippen MR) is 70.5 cm³/mol. The first-order valence-corrected chi connectivity index (χ1v) is 7.14. The van der Waals surface area contributed by atoms with Gasteiger partial charge in [-0.05, 0) is 19.8 Å². The van der Waals surface area contributed by atoms with Crippen LogP contribution in [0.1, 0.15) is 19.8 Å². The predicted octanol–water partition coefficient (Wildman–Crippen LogP) is -0.0809. The van der Waals surface area contributed by atoms with Gasteiger partial charge in [-0.1, -0.05) is 0 Å². The van der Waals surface area contributed by atoms with Gasteiger partial charge in [-0.2, -0.15) is 0 Å². The molecule has 18 heavy (non-hydrogen) atoms. The summed E-state index contributed by atoms with van der Waals surface area (Å²) in [4.78, 5) is 16.6. The van der Waals surface area contributed by atoms with Crippen LogP contribution in [0.3, 0.4) is 0 Å². The monoisotopic (exact) mass is 255 g/mol. The lowest BCUT2D eigenvalue weighted by Gasteiger charge is -2.31. The third-order valence-corrected chi connectivity index (χ3v) is 3.78. The second kappa shape index (κ2) is 7.07. The Kier molecular flexibility index (Phi) is 5.41. The lowest BCUT2D eigenvalue weighted by molar-refractivity contribution is -0.132. The van der Waals surface area contributed by atoms with Crippen molar-refractivity contribution >= 4 is 5.91 Å². The molecule has 0 radical (unpaired) electrons. The number of nitrogens with zero attached hydrogens (tertiary/aromatic N) is 2. The van der Waals surface area contributed by atoms with Crippen LogP contribution in [0.2, 0.25) is 0 Å². The van der Waals surface area contributed by atoms with E-state index in [0.29, 0.717) is 5.91 Å². The van der Waals surface area contributed by atoms with Crippen LogP contribution in [0, 0.1) is 0 Å². The van der Waals surface area contributed by atoms with E-state index in [1.165, 1.54) is 0 Å². The molecule has 0 saturated carbocycles. The molecule has 1 unspecified atom stereocenters. The van der Waals surface area contributed by atoms with Gasteiger partial charge in [0.1, 0.15) is 0 Å². The summed E-state index contributed by atoms with van der Waals surface area (Å²) >= 11 is 0. The Morgan fingerprint density at radius 1 is 1.33 bits per heavy atom. The maximum atomic E-state index is 12.3. The van der Waals surface area contributed by atoms with Crippen molar-refractivity contribution in [3.8, 4) is 0 Å². The van der Waals surface area contributed by atoms with E-state index in [1.807, 2.05) is 11.8 Å². The second-order valence-corrected chi connectivity index (χ2v) is 4.97. The number of hydrogen-bond donors (Lipinski definition) is 1. The minimum absolute atomic E-state index is 0.138. The molecule has 2 aliphatic rings. The molecule has 0 aromatic heterocycles. The highest BCUT2D eigenvalue weighted by atomic mass is 16.5. The quantitative estimate of drug-likeness (QED) is 0.674. The fraction of sp³-hybridized carbons (Fsp3) is 0.923. The molecule has 2 aliphatic heterocycles. The molecular weight excluding hydrogens is 230 g/mol. The van der Waals surface area contributed by atoms with Gasteiger partial charge in [0.15, 0.2) is 0 Å². The summed E-state index contributed by atoms with van der Waals surface area (Å²) in [6, 6.07) is 0.138. The van der Waals surface area contributed by atoms with E-state index in [4.69, 9.17) is 4.74 Å². The van der Waals surface area contributed by atoms with E-state index in [1.54, 1.807) is 0 Å². The van der Waals surface area contributed by atoms with Crippen molar-refractivity contribution in [2.45, 2.75) is 25.8 Å². The molecule has 104 valence electrons. The molecule has 5 nitrogen and oxygen atoms in total. The molecule has 0 aromatic carbocycles. The van der Waals surface area contributed by atoms with Gasteiger partial charge < -0.3 is 15.0 Å². The fourth-order valence-electron chi connectivity index (χ4n) is 2.78. The van der Waals surface area contributed by atoms with Gasteiger partial charge >= 0.3 is 0 Å². The Hall–Kier alpha value is -0.650. The van der Waals surface area contributed by atoms with Crippen molar-refractivity contribution in [2.24, 2.45) is 0 Å². The summed E-state index contributed by atoms with van der Waals surface area (Å²) in [5.41, 5.74) is 0. The van der Waals surface area contributed by atoms with Crippen LogP contribution in [0.25, 0.3) is 0 Å². The zero-order valence-electron chi connectivity index (χ0n) is 11.4. The topological polar surface area (TPSA) is 44.8 Å². The lowest BCUT2D eigenvalue weighted by atomic mass is 10.2. The Morgan fingerprint density at radius 2 is 2.11 bits per heavy atom. The Bertz CT molecular complexity index is 267. The minimum atomic E-state index is 0.138. The van der Waals surface area contributed by atoms with Crippen molar-refractivity contribution in [1.82, 2.24) is 15.1 Å². The van der Waals surface area contributed by atoms with Gasteiger partial charge in [0, 0.05) is 52.5 Å². The van der Waals surface area contributed by atoms with Crippen molar-refractivity contribution in [1.29, 1.82) is 0 Å². The van der Waals surface area contributed by atoms with E-state index >= 15 is 0 Å². The number of ether oxygens (including phenoxy) is 1. The number of carbonyl (C=O) groups is 1. The minimum Gasteiger partial charge on any atom is -0.382 e. The third kappa shape index (κ3) is 3.43. The van der Waals surface area contributed by atoms with Crippen LogP contribution in [0.4, 0.5) is 0 Å². The molecule has 1 N–H and O–H groups in total. The smallest absolute Gasteiger partial charge is 0.239 e. The summed E-state index contributed by atoms with van der Waals surface area (Å²) < 4.78 is 5.32. The SMILES string of the molecule is CCOCCCN1CCC(N2CCNCC2)C1=O. The van der Waals surface area contributed by atoms with Gasteiger partial charge in [-0.25, -0.2) is 0 Å². The molecular formula is C13H25N3O2. The highest BCUT2D eigenvalue weighted by Crippen LogP contribution is 2.17. The number of rotatable bonds is 6. The number of piperazine rings is 1. The van der Waals surface area contributed by atoms with E-state index in [9.17, 15) is 4.79 Å². The Morgan fingerprint density at radius 3 is 2.83 bits per heavy atom. The zero-order chi connectivity index (χ0) is 12.8. The largest absolute Gasteiger partial charge is 0.382 e. The van der Waals surface area contributed by atoms with E-state index < -0.39 is 0 Å². The first kappa shape index (κ1) is 13.8. The van der Waals surface area contributed by atoms with Crippen LogP contribution in [0.15, 0.2) is 0 Å². The highest BCUT2D eigenvalue weighted by molar-refractivity contribution is 5.84. The summed E-state index contributed by atoms with van der Waals surface area (Å²) in [5, 5.41) is 3.33. The first-order chi connectivity index (χ1) is 8.83. The molecule has 2 heterocycles. The molecule has 2 saturated heterocycles. The van der Waals surface area contributed by atoms with Crippen molar-refractivity contribution in [3.05, 3.63) is 0 Å². The molecule has 2 rings (SSSR count). The van der Waals surface area contributed by atoms with Crippen molar-refractivity contribution in [3.63, 3.8) is 0 Å².